The molecule has 16 heavy (non-hydrogen) atoms. The quantitative estimate of drug-likeness (QED) is 0.717. The maximum absolute atomic E-state index is 9.74. The fourth-order valence-corrected chi connectivity index (χ4v) is 2.16. The topological polar surface area (TPSA) is 32.3 Å². The van der Waals surface area contributed by atoms with Crippen molar-refractivity contribution < 1.29 is 5.11 Å². The van der Waals surface area contributed by atoms with E-state index in [0.29, 0.717) is 12.5 Å². The third kappa shape index (κ3) is 6.16. The van der Waals surface area contributed by atoms with Crippen LogP contribution < -0.4 is 5.32 Å². The number of rotatable bonds is 7. The van der Waals surface area contributed by atoms with Crippen LogP contribution in [0, 0.1) is 5.92 Å². The summed E-state index contributed by atoms with van der Waals surface area (Å²) in [5, 5.41) is 13.0. The summed E-state index contributed by atoms with van der Waals surface area (Å²) in [5.41, 5.74) is 0. The van der Waals surface area contributed by atoms with Gasteiger partial charge in [0, 0.05) is 17.2 Å². The van der Waals surface area contributed by atoms with Crippen molar-refractivity contribution in [1.82, 2.24) is 5.32 Å². The Kier molecular flexibility index (Phi) is 6.53. The van der Waals surface area contributed by atoms with Crippen LogP contribution in [-0.2, 0) is 0 Å². The van der Waals surface area contributed by atoms with Gasteiger partial charge in [0.25, 0.3) is 0 Å². The molecule has 2 nitrogen and oxygen atoms in total. The van der Waals surface area contributed by atoms with Crippen LogP contribution in [0.5, 0.6) is 0 Å². The van der Waals surface area contributed by atoms with Crippen LogP contribution in [0.15, 0.2) is 35.2 Å². The summed E-state index contributed by atoms with van der Waals surface area (Å²) in [6.07, 6.45) is -0.274. The van der Waals surface area contributed by atoms with Crippen molar-refractivity contribution in [3.8, 4) is 0 Å². The Morgan fingerprint density at radius 3 is 2.50 bits per heavy atom. The molecule has 3 heteroatoms. The Morgan fingerprint density at radius 2 is 1.88 bits per heavy atom. The first kappa shape index (κ1) is 13.6. The van der Waals surface area contributed by atoms with Gasteiger partial charge in [0.2, 0.25) is 0 Å². The first-order valence-corrected chi connectivity index (χ1v) is 6.73. The Balaban J connectivity index is 2.13. The zero-order chi connectivity index (χ0) is 11.8. The van der Waals surface area contributed by atoms with Gasteiger partial charge in [0.1, 0.15) is 0 Å². The first-order chi connectivity index (χ1) is 7.68. The van der Waals surface area contributed by atoms with Crippen molar-refractivity contribution in [3.05, 3.63) is 30.3 Å². The molecule has 0 saturated heterocycles. The highest BCUT2D eigenvalue weighted by atomic mass is 32.2. The molecular formula is C13H21NOS. The summed E-state index contributed by atoms with van der Waals surface area (Å²) in [5.74, 6) is 1.38. The van der Waals surface area contributed by atoms with Crippen molar-refractivity contribution >= 4 is 11.8 Å². The molecule has 0 aliphatic rings. The van der Waals surface area contributed by atoms with Crippen LogP contribution in [0.3, 0.4) is 0 Å². The molecule has 0 fully saturated rings. The Morgan fingerprint density at radius 1 is 1.19 bits per heavy atom. The molecule has 0 aliphatic heterocycles. The molecule has 0 radical (unpaired) electrons. The van der Waals surface area contributed by atoms with Crippen molar-refractivity contribution in [1.29, 1.82) is 0 Å². The highest BCUT2D eigenvalue weighted by Crippen LogP contribution is 2.17. The van der Waals surface area contributed by atoms with E-state index in [0.717, 1.165) is 12.3 Å². The van der Waals surface area contributed by atoms with E-state index in [1.165, 1.54) is 4.90 Å². The number of hydrogen-bond donors (Lipinski definition) is 2. The Bertz CT molecular complexity index is 277. The monoisotopic (exact) mass is 239 g/mol. The molecule has 1 rings (SSSR count). The average Bonchev–Trinajstić information content (AvgIpc) is 2.27. The molecule has 1 aromatic rings. The molecule has 1 atom stereocenters. The van der Waals surface area contributed by atoms with Crippen LogP contribution in [-0.4, -0.2) is 30.1 Å². The fourth-order valence-electron chi connectivity index (χ4n) is 1.31. The second-order valence-corrected chi connectivity index (χ2v) is 5.42. The van der Waals surface area contributed by atoms with Gasteiger partial charge in [-0.15, -0.1) is 11.8 Å². The smallest absolute Gasteiger partial charge is 0.0758 e. The second kappa shape index (κ2) is 7.71. The maximum Gasteiger partial charge on any atom is 0.0758 e. The number of hydrogen-bond acceptors (Lipinski definition) is 3. The summed E-state index contributed by atoms with van der Waals surface area (Å²) in [4.78, 5) is 1.21. The van der Waals surface area contributed by atoms with Gasteiger partial charge >= 0.3 is 0 Å². The lowest BCUT2D eigenvalue weighted by atomic mass is 10.2. The van der Waals surface area contributed by atoms with E-state index in [1.54, 1.807) is 11.8 Å². The average molecular weight is 239 g/mol. The van der Waals surface area contributed by atoms with Crippen LogP contribution in [0.2, 0.25) is 0 Å². The number of aliphatic hydroxyl groups is 1. The molecule has 90 valence electrons. The van der Waals surface area contributed by atoms with Crippen molar-refractivity contribution in [2.45, 2.75) is 24.8 Å². The zero-order valence-electron chi connectivity index (χ0n) is 10.0. The van der Waals surface area contributed by atoms with E-state index in [2.05, 4.69) is 31.3 Å². The Hall–Kier alpha value is -0.510. The molecular weight excluding hydrogens is 218 g/mol. The summed E-state index contributed by atoms with van der Waals surface area (Å²) < 4.78 is 0. The molecule has 2 N–H and O–H groups in total. The number of nitrogens with one attached hydrogen (secondary N) is 1. The van der Waals surface area contributed by atoms with E-state index in [4.69, 9.17) is 0 Å². The molecule has 1 aromatic carbocycles. The number of thioether (sulfide) groups is 1. The van der Waals surface area contributed by atoms with Gasteiger partial charge in [-0.25, -0.2) is 0 Å². The molecule has 0 saturated carbocycles. The van der Waals surface area contributed by atoms with Crippen LogP contribution in [0.1, 0.15) is 13.8 Å². The predicted molar refractivity (Wildman–Crippen MR) is 70.9 cm³/mol. The third-order valence-corrected chi connectivity index (χ3v) is 3.28. The van der Waals surface area contributed by atoms with E-state index in [1.807, 2.05) is 18.2 Å². The molecule has 0 spiro atoms. The SMILES string of the molecule is CC(C)CNCC(O)CSc1ccccc1. The largest absolute Gasteiger partial charge is 0.391 e. The van der Waals surface area contributed by atoms with Gasteiger partial charge in [0.15, 0.2) is 0 Å². The summed E-state index contributed by atoms with van der Waals surface area (Å²) >= 11 is 1.70. The van der Waals surface area contributed by atoms with Gasteiger partial charge in [-0.2, -0.15) is 0 Å². The van der Waals surface area contributed by atoms with Gasteiger partial charge in [-0.05, 0) is 24.6 Å². The van der Waals surface area contributed by atoms with Crippen LogP contribution in [0.25, 0.3) is 0 Å². The maximum atomic E-state index is 9.74. The van der Waals surface area contributed by atoms with Gasteiger partial charge < -0.3 is 10.4 Å². The van der Waals surface area contributed by atoms with E-state index >= 15 is 0 Å². The van der Waals surface area contributed by atoms with Gasteiger partial charge in [-0.3, -0.25) is 0 Å². The molecule has 0 amide bonds. The fraction of sp³-hybridized carbons (Fsp3) is 0.538. The highest BCUT2D eigenvalue weighted by Gasteiger charge is 2.04. The molecule has 0 heterocycles. The summed E-state index contributed by atoms with van der Waals surface area (Å²) in [6.45, 7) is 5.97. The van der Waals surface area contributed by atoms with Crippen LogP contribution >= 0.6 is 11.8 Å². The van der Waals surface area contributed by atoms with E-state index in [9.17, 15) is 5.11 Å². The predicted octanol–water partition coefficient (Wildman–Crippen LogP) is 2.39. The summed E-state index contributed by atoms with van der Waals surface area (Å²) in [6, 6.07) is 10.2. The lowest BCUT2D eigenvalue weighted by molar-refractivity contribution is 0.194. The van der Waals surface area contributed by atoms with Crippen LogP contribution in [0.4, 0.5) is 0 Å². The van der Waals surface area contributed by atoms with Gasteiger partial charge in [-0.1, -0.05) is 32.0 Å². The number of aliphatic hydroxyl groups excluding tert-OH is 1. The number of benzene rings is 1. The molecule has 1 unspecified atom stereocenters. The highest BCUT2D eigenvalue weighted by molar-refractivity contribution is 7.99. The minimum atomic E-state index is -0.274. The lowest BCUT2D eigenvalue weighted by Crippen LogP contribution is -2.30. The Labute approximate surface area is 102 Å². The van der Waals surface area contributed by atoms with E-state index in [-0.39, 0.29) is 6.10 Å². The van der Waals surface area contributed by atoms with Crippen molar-refractivity contribution in [2.24, 2.45) is 5.92 Å². The zero-order valence-corrected chi connectivity index (χ0v) is 10.8. The molecule has 0 bridgehead atoms. The summed E-state index contributed by atoms with van der Waals surface area (Å²) in [7, 11) is 0. The lowest BCUT2D eigenvalue weighted by Gasteiger charge is -2.12. The first-order valence-electron chi connectivity index (χ1n) is 5.75. The van der Waals surface area contributed by atoms with Gasteiger partial charge in [0.05, 0.1) is 6.10 Å². The second-order valence-electron chi connectivity index (χ2n) is 4.33. The standard InChI is InChI=1S/C13H21NOS/c1-11(2)8-14-9-12(15)10-16-13-6-4-3-5-7-13/h3-7,11-12,14-15H,8-10H2,1-2H3. The van der Waals surface area contributed by atoms with Crippen molar-refractivity contribution in [2.75, 3.05) is 18.8 Å². The molecule has 0 aliphatic carbocycles. The third-order valence-electron chi connectivity index (χ3n) is 2.12. The minimum Gasteiger partial charge on any atom is -0.391 e. The normalized spacial score (nSPS) is 13.0. The van der Waals surface area contributed by atoms with E-state index < -0.39 is 0 Å². The minimum absolute atomic E-state index is 0.274. The molecule has 0 aromatic heterocycles. The van der Waals surface area contributed by atoms with Crippen molar-refractivity contribution in [3.63, 3.8) is 0 Å².